The molecule has 7 heteroatoms. The van der Waals surface area contributed by atoms with Gasteiger partial charge in [-0.2, -0.15) is 5.26 Å². The molecule has 0 saturated heterocycles. The maximum Gasteiger partial charge on any atom is 0.330 e. The van der Waals surface area contributed by atoms with E-state index in [-0.39, 0.29) is 12.2 Å². The van der Waals surface area contributed by atoms with Crippen molar-refractivity contribution < 1.29 is 23.4 Å². The minimum atomic E-state index is -1.16. The number of ether oxygens (including phenoxy) is 1. The summed E-state index contributed by atoms with van der Waals surface area (Å²) in [6.07, 6.45) is 2.11. The monoisotopic (exact) mass is 464 g/mol. The summed E-state index contributed by atoms with van der Waals surface area (Å²) in [6.45, 7) is 3.72. The largest absolute Gasteiger partial charge is 0.488 e. The summed E-state index contributed by atoms with van der Waals surface area (Å²) in [6, 6.07) is 14.2. The van der Waals surface area contributed by atoms with E-state index in [1.54, 1.807) is 30.3 Å². The lowest BCUT2D eigenvalue weighted by Gasteiger charge is -2.23. The van der Waals surface area contributed by atoms with Crippen LogP contribution in [0.15, 0.2) is 54.6 Å². The second-order valence-corrected chi connectivity index (χ2v) is 7.91. The summed E-state index contributed by atoms with van der Waals surface area (Å²) in [5.74, 6) is -1.96. The van der Waals surface area contributed by atoms with Crippen molar-refractivity contribution in [1.82, 2.24) is 0 Å². The zero-order chi connectivity index (χ0) is 24.7. The second-order valence-electron chi connectivity index (χ2n) is 7.91. The predicted octanol–water partition coefficient (Wildman–Crippen LogP) is 6.17. The van der Waals surface area contributed by atoms with Crippen molar-refractivity contribution in [1.29, 1.82) is 5.26 Å². The Morgan fingerprint density at radius 1 is 1.09 bits per heavy atom. The average Bonchev–Trinajstić information content (AvgIpc) is 2.83. The zero-order valence-electron chi connectivity index (χ0n) is 19.1. The number of aliphatic carboxylic acids is 1. The van der Waals surface area contributed by atoms with Crippen molar-refractivity contribution in [2.75, 3.05) is 5.32 Å². The van der Waals surface area contributed by atoms with Crippen LogP contribution in [-0.4, -0.2) is 11.1 Å². The minimum absolute atomic E-state index is 0.0416. The zero-order valence-corrected chi connectivity index (χ0v) is 19.1. The van der Waals surface area contributed by atoms with Crippen LogP contribution in [0.5, 0.6) is 5.75 Å². The van der Waals surface area contributed by atoms with Gasteiger partial charge in [0.15, 0.2) is 6.04 Å². The molecule has 34 heavy (non-hydrogen) atoms. The Morgan fingerprint density at radius 2 is 1.82 bits per heavy atom. The van der Waals surface area contributed by atoms with Crippen LogP contribution < -0.4 is 10.1 Å². The van der Waals surface area contributed by atoms with Gasteiger partial charge in [-0.05, 0) is 72.5 Å². The van der Waals surface area contributed by atoms with Crippen molar-refractivity contribution in [3.8, 4) is 11.8 Å². The van der Waals surface area contributed by atoms with Gasteiger partial charge in [-0.1, -0.05) is 26.3 Å². The number of nitrogens with one attached hydrogen (secondary N) is 1. The van der Waals surface area contributed by atoms with Crippen LogP contribution in [0.3, 0.4) is 0 Å². The van der Waals surface area contributed by atoms with Crippen molar-refractivity contribution in [2.24, 2.45) is 0 Å². The van der Waals surface area contributed by atoms with Gasteiger partial charge in [-0.15, -0.1) is 0 Å². The Balaban J connectivity index is 2.05. The number of rotatable bonds is 10. The first-order valence-corrected chi connectivity index (χ1v) is 11.1. The van der Waals surface area contributed by atoms with Crippen LogP contribution in [0, 0.1) is 23.0 Å². The molecule has 3 aromatic carbocycles. The molecule has 0 saturated carbocycles. The molecule has 0 spiro atoms. The molecule has 176 valence electrons. The molecule has 0 fully saturated rings. The van der Waals surface area contributed by atoms with E-state index in [9.17, 15) is 18.7 Å². The van der Waals surface area contributed by atoms with Crippen LogP contribution >= 0.6 is 0 Å². The highest BCUT2D eigenvalue weighted by Crippen LogP contribution is 2.35. The van der Waals surface area contributed by atoms with Crippen LogP contribution in [0.25, 0.3) is 0 Å². The van der Waals surface area contributed by atoms with Gasteiger partial charge in [0.25, 0.3) is 0 Å². The number of carboxylic acids is 1. The molecule has 0 aromatic heterocycles. The molecule has 3 aromatic rings. The van der Waals surface area contributed by atoms with E-state index >= 15 is 0 Å². The summed E-state index contributed by atoms with van der Waals surface area (Å²) in [7, 11) is 0. The second kappa shape index (κ2) is 11.3. The SMILES string of the molecule is CCCc1cc(CC)cc(C(Nc2ccc(C#N)cc2)C(=O)O)c1OCc1cc(F)ccc1F. The molecule has 0 aliphatic carbocycles. The third-order valence-electron chi connectivity index (χ3n) is 5.44. The van der Waals surface area contributed by atoms with E-state index in [4.69, 9.17) is 10.00 Å². The normalized spacial score (nSPS) is 11.5. The fraction of sp³-hybridized carbons (Fsp3) is 0.259. The number of nitriles is 1. The number of halogens is 2. The number of benzene rings is 3. The first-order chi connectivity index (χ1) is 16.4. The molecule has 2 N–H and O–H groups in total. The van der Waals surface area contributed by atoms with Crippen molar-refractivity contribution in [3.63, 3.8) is 0 Å². The Kier molecular flexibility index (Phi) is 8.20. The maximum atomic E-state index is 14.2. The Hall–Kier alpha value is -3.92. The van der Waals surface area contributed by atoms with Gasteiger partial charge < -0.3 is 15.2 Å². The van der Waals surface area contributed by atoms with Crippen LogP contribution in [0.2, 0.25) is 0 Å². The Labute approximate surface area is 197 Å². The molecule has 1 atom stereocenters. The maximum absolute atomic E-state index is 14.2. The summed E-state index contributed by atoms with van der Waals surface area (Å²) >= 11 is 0. The highest BCUT2D eigenvalue weighted by molar-refractivity contribution is 5.81. The topological polar surface area (TPSA) is 82.4 Å². The molecular formula is C27H26F2N2O3. The number of nitrogens with zero attached hydrogens (tertiary/aromatic N) is 1. The van der Waals surface area contributed by atoms with Gasteiger partial charge in [-0.25, -0.2) is 13.6 Å². The van der Waals surface area contributed by atoms with E-state index in [0.29, 0.717) is 35.4 Å². The van der Waals surface area contributed by atoms with Gasteiger partial charge in [0.1, 0.15) is 24.0 Å². The number of anilines is 1. The average molecular weight is 465 g/mol. The molecule has 0 aliphatic heterocycles. The van der Waals surface area contributed by atoms with E-state index in [1.165, 1.54) is 0 Å². The van der Waals surface area contributed by atoms with Gasteiger partial charge in [0, 0.05) is 16.8 Å². The molecule has 0 aliphatic rings. The highest BCUT2D eigenvalue weighted by Gasteiger charge is 2.26. The quantitative estimate of drug-likeness (QED) is 0.375. The molecule has 0 radical (unpaired) electrons. The lowest BCUT2D eigenvalue weighted by atomic mass is 9.95. The van der Waals surface area contributed by atoms with Gasteiger partial charge in [-0.3, -0.25) is 0 Å². The van der Waals surface area contributed by atoms with Crippen LogP contribution in [0.1, 0.15) is 54.1 Å². The third kappa shape index (κ3) is 5.90. The van der Waals surface area contributed by atoms with Gasteiger partial charge >= 0.3 is 5.97 Å². The number of carboxylic acid groups (broad SMARTS) is 1. The van der Waals surface area contributed by atoms with Gasteiger partial charge in [0.2, 0.25) is 0 Å². The molecular weight excluding hydrogens is 438 g/mol. The smallest absolute Gasteiger partial charge is 0.330 e. The Bertz CT molecular complexity index is 1200. The molecule has 0 amide bonds. The first kappa shape index (κ1) is 24.7. The highest BCUT2D eigenvalue weighted by atomic mass is 19.1. The fourth-order valence-corrected chi connectivity index (χ4v) is 3.72. The summed E-state index contributed by atoms with van der Waals surface area (Å²) < 4.78 is 33.8. The number of hydrogen-bond donors (Lipinski definition) is 2. The van der Waals surface area contributed by atoms with E-state index < -0.39 is 23.6 Å². The molecule has 1 unspecified atom stereocenters. The standard InChI is InChI=1S/C27H26F2N2O3/c1-3-5-19-12-17(4-2)13-23(26(19)34-16-20-14-21(28)8-11-24(20)29)25(27(32)33)31-22-9-6-18(15-30)7-10-22/h6-14,25,31H,3-5,16H2,1-2H3,(H,32,33). The minimum Gasteiger partial charge on any atom is -0.488 e. The molecule has 0 bridgehead atoms. The summed E-state index contributed by atoms with van der Waals surface area (Å²) in [5.41, 5.74) is 3.16. The summed E-state index contributed by atoms with van der Waals surface area (Å²) in [4.78, 5) is 12.3. The van der Waals surface area contributed by atoms with Gasteiger partial charge in [0.05, 0.1) is 11.6 Å². The number of carbonyl (C=O) groups is 1. The van der Waals surface area contributed by atoms with Crippen molar-refractivity contribution in [2.45, 2.75) is 45.8 Å². The van der Waals surface area contributed by atoms with Crippen molar-refractivity contribution in [3.05, 3.63) is 94.0 Å². The van der Waals surface area contributed by atoms with Crippen LogP contribution in [-0.2, 0) is 24.2 Å². The first-order valence-electron chi connectivity index (χ1n) is 11.1. The van der Waals surface area contributed by atoms with E-state index in [1.807, 2.05) is 26.0 Å². The molecule has 5 nitrogen and oxygen atoms in total. The van der Waals surface area contributed by atoms with Crippen LogP contribution in [0.4, 0.5) is 14.5 Å². The van der Waals surface area contributed by atoms with E-state index in [0.717, 1.165) is 35.7 Å². The lowest BCUT2D eigenvalue weighted by molar-refractivity contribution is -0.138. The summed E-state index contributed by atoms with van der Waals surface area (Å²) in [5, 5.41) is 22.1. The molecule has 0 heterocycles. The third-order valence-corrected chi connectivity index (χ3v) is 5.44. The van der Waals surface area contributed by atoms with Crippen molar-refractivity contribution >= 4 is 11.7 Å². The molecule has 3 rings (SSSR count). The lowest BCUT2D eigenvalue weighted by Crippen LogP contribution is -2.22. The Morgan fingerprint density at radius 3 is 2.44 bits per heavy atom. The predicted molar refractivity (Wildman–Crippen MR) is 126 cm³/mol. The fourth-order valence-electron chi connectivity index (χ4n) is 3.72. The number of aryl methyl sites for hydroxylation is 2. The number of hydrogen-bond acceptors (Lipinski definition) is 4. The van der Waals surface area contributed by atoms with E-state index in [2.05, 4.69) is 5.32 Å².